The van der Waals surface area contributed by atoms with Crippen molar-refractivity contribution in [1.29, 1.82) is 0 Å². The minimum absolute atomic E-state index is 0.0759. The minimum atomic E-state index is -0.524. The average Bonchev–Trinajstić information content (AvgIpc) is 2.56. The van der Waals surface area contributed by atoms with Crippen molar-refractivity contribution < 1.29 is 24.0 Å². The van der Waals surface area contributed by atoms with Crippen LogP contribution in [-0.4, -0.2) is 30.1 Å². The molecule has 0 atom stereocenters. The zero-order chi connectivity index (χ0) is 17.0. The number of rotatable bonds is 4. The van der Waals surface area contributed by atoms with Crippen LogP contribution in [0.5, 0.6) is 0 Å². The molecule has 0 spiro atoms. The Morgan fingerprint density at radius 1 is 1.22 bits per heavy atom. The third-order valence-corrected chi connectivity index (χ3v) is 4.30. The van der Waals surface area contributed by atoms with E-state index in [9.17, 15) is 19.7 Å². The maximum absolute atomic E-state index is 12.1. The van der Waals surface area contributed by atoms with Gasteiger partial charge in [-0.15, -0.1) is 0 Å². The summed E-state index contributed by atoms with van der Waals surface area (Å²) >= 11 is 0. The van der Waals surface area contributed by atoms with Crippen molar-refractivity contribution in [3.05, 3.63) is 39.9 Å². The lowest BCUT2D eigenvalue weighted by Crippen LogP contribution is -2.36. The molecule has 0 bridgehead atoms. The quantitative estimate of drug-likeness (QED) is 0.480. The van der Waals surface area contributed by atoms with Gasteiger partial charge in [0, 0.05) is 12.1 Å². The lowest BCUT2D eigenvalue weighted by molar-refractivity contribution is -0.384. The third-order valence-electron chi connectivity index (χ3n) is 4.30. The van der Waals surface area contributed by atoms with Crippen LogP contribution >= 0.6 is 0 Å². The zero-order valence-electron chi connectivity index (χ0n) is 13.1. The standard InChI is InChI=1S/C16H19NO6/c1-16(15(19)22-2)9-7-13(8-10-16)23-14(18)11-3-5-12(6-4-11)17(20)21/h3-6,13H,7-10H2,1-2H3. The predicted octanol–water partition coefficient (Wildman–Crippen LogP) is 2.87. The van der Waals surface area contributed by atoms with Crippen molar-refractivity contribution in [1.82, 2.24) is 0 Å². The highest BCUT2D eigenvalue weighted by Gasteiger charge is 2.39. The van der Waals surface area contributed by atoms with Crippen molar-refractivity contribution in [2.45, 2.75) is 38.7 Å². The molecule has 0 amide bonds. The number of hydrogen-bond acceptors (Lipinski definition) is 6. The molecule has 23 heavy (non-hydrogen) atoms. The molecule has 0 aromatic heterocycles. The van der Waals surface area contributed by atoms with Crippen molar-refractivity contribution in [2.75, 3.05) is 7.11 Å². The molecule has 7 heteroatoms. The van der Waals surface area contributed by atoms with Crippen LogP contribution in [0.1, 0.15) is 43.0 Å². The predicted molar refractivity (Wildman–Crippen MR) is 80.9 cm³/mol. The molecule has 1 aromatic rings. The lowest BCUT2D eigenvalue weighted by Gasteiger charge is -2.34. The number of nitro groups is 1. The van der Waals surface area contributed by atoms with E-state index in [1.165, 1.54) is 31.4 Å². The van der Waals surface area contributed by atoms with Gasteiger partial charge in [-0.05, 0) is 44.7 Å². The molecule has 0 aliphatic heterocycles. The van der Waals surface area contributed by atoms with Crippen LogP contribution in [0.4, 0.5) is 5.69 Å². The van der Waals surface area contributed by atoms with Gasteiger partial charge in [0.2, 0.25) is 0 Å². The van der Waals surface area contributed by atoms with E-state index >= 15 is 0 Å². The first-order valence-corrected chi connectivity index (χ1v) is 7.39. The van der Waals surface area contributed by atoms with E-state index in [2.05, 4.69) is 0 Å². The first-order valence-electron chi connectivity index (χ1n) is 7.39. The largest absolute Gasteiger partial charge is 0.469 e. The second-order valence-electron chi connectivity index (χ2n) is 5.96. The molecule has 1 aliphatic carbocycles. The lowest BCUT2D eigenvalue weighted by atomic mass is 9.75. The average molecular weight is 321 g/mol. The molecule has 1 saturated carbocycles. The number of non-ortho nitro benzene ring substituents is 1. The summed E-state index contributed by atoms with van der Waals surface area (Å²) in [5.41, 5.74) is -0.324. The fourth-order valence-corrected chi connectivity index (χ4v) is 2.74. The SMILES string of the molecule is COC(=O)C1(C)CCC(OC(=O)c2ccc([N+](=O)[O-])cc2)CC1. The Balaban J connectivity index is 1.92. The van der Waals surface area contributed by atoms with Crippen LogP contribution in [0.3, 0.4) is 0 Å². The highest BCUT2D eigenvalue weighted by atomic mass is 16.6. The molecule has 2 rings (SSSR count). The van der Waals surface area contributed by atoms with Gasteiger partial charge in [0.15, 0.2) is 0 Å². The fourth-order valence-electron chi connectivity index (χ4n) is 2.74. The van der Waals surface area contributed by atoms with Gasteiger partial charge in [-0.2, -0.15) is 0 Å². The second-order valence-corrected chi connectivity index (χ2v) is 5.96. The Kier molecular flexibility index (Phi) is 4.98. The van der Waals surface area contributed by atoms with E-state index in [1.54, 1.807) is 0 Å². The summed E-state index contributed by atoms with van der Waals surface area (Å²) < 4.78 is 10.2. The number of nitro benzene ring substituents is 1. The Bertz CT molecular complexity index is 602. The summed E-state index contributed by atoms with van der Waals surface area (Å²) in [6.45, 7) is 1.85. The van der Waals surface area contributed by atoms with E-state index in [0.717, 1.165) is 0 Å². The second kappa shape index (κ2) is 6.76. The Labute approximate surface area is 133 Å². The van der Waals surface area contributed by atoms with Gasteiger partial charge < -0.3 is 9.47 Å². The van der Waals surface area contributed by atoms with Gasteiger partial charge >= 0.3 is 11.9 Å². The highest BCUT2D eigenvalue weighted by Crippen LogP contribution is 2.38. The fraction of sp³-hybridized carbons (Fsp3) is 0.500. The maximum atomic E-state index is 12.1. The molecule has 0 radical (unpaired) electrons. The molecule has 0 unspecified atom stereocenters. The topological polar surface area (TPSA) is 95.7 Å². The monoisotopic (exact) mass is 321 g/mol. The summed E-state index contributed by atoms with van der Waals surface area (Å²) in [5, 5.41) is 10.6. The van der Waals surface area contributed by atoms with E-state index in [0.29, 0.717) is 25.7 Å². The number of carbonyl (C=O) groups excluding carboxylic acids is 2. The highest BCUT2D eigenvalue weighted by molar-refractivity contribution is 5.89. The molecule has 7 nitrogen and oxygen atoms in total. The summed E-state index contributed by atoms with van der Waals surface area (Å²) in [4.78, 5) is 33.9. The van der Waals surface area contributed by atoms with Crippen molar-refractivity contribution in [3.63, 3.8) is 0 Å². The van der Waals surface area contributed by atoms with Gasteiger partial charge in [-0.3, -0.25) is 14.9 Å². The first kappa shape index (κ1) is 16.9. The normalized spacial score (nSPS) is 23.8. The maximum Gasteiger partial charge on any atom is 0.338 e. The van der Waals surface area contributed by atoms with Gasteiger partial charge in [0.25, 0.3) is 5.69 Å². The van der Waals surface area contributed by atoms with Crippen LogP contribution in [0, 0.1) is 15.5 Å². The van der Waals surface area contributed by atoms with Crippen molar-refractivity contribution >= 4 is 17.6 Å². The summed E-state index contributed by atoms with van der Waals surface area (Å²) in [7, 11) is 1.37. The molecule has 1 fully saturated rings. The first-order chi connectivity index (χ1) is 10.9. The van der Waals surface area contributed by atoms with Gasteiger partial charge in [0.05, 0.1) is 23.0 Å². The zero-order valence-corrected chi connectivity index (χ0v) is 13.1. The summed E-state index contributed by atoms with van der Waals surface area (Å²) in [5.74, 6) is -0.746. The number of nitrogens with zero attached hydrogens (tertiary/aromatic N) is 1. The number of carbonyl (C=O) groups is 2. The number of esters is 2. The molecule has 0 N–H and O–H groups in total. The van der Waals surface area contributed by atoms with Crippen molar-refractivity contribution in [3.8, 4) is 0 Å². The molecule has 0 saturated heterocycles. The van der Waals surface area contributed by atoms with E-state index in [-0.39, 0.29) is 23.3 Å². The van der Waals surface area contributed by atoms with E-state index < -0.39 is 16.3 Å². The number of methoxy groups -OCH3 is 1. The van der Waals surface area contributed by atoms with Crippen molar-refractivity contribution in [2.24, 2.45) is 5.41 Å². The Morgan fingerprint density at radius 3 is 2.26 bits per heavy atom. The third kappa shape index (κ3) is 3.85. The van der Waals surface area contributed by atoms with Gasteiger partial charge in [-0.25, -0.2) is 4.79 Å². The molecule has 1 aromatic carbocycles. The number of hydrogen-bond donors (Lipinski definition) is 0. The Hall–Kier alpha value is -2.44. The smallest absolute Gasteiger partial charge is 0.338 e. The van der Waals surface area contributed by atoms with Gasteiger partial charge in [-0.1, -0.05) is 0 Å². The van der Waals surface area contributed by atoms with Crippen LogP contribution < -0.4 is 0 Å². The van der Waals surface area contributed by atoms with Crippen LogP contribution in [0.25, 0.3) is 0 Å². The summed E-state index contributed by atoms with van der Waals surface area (Å²) in [6.07, 6.45) is 2.11. The van der Waals surface area contributed by atoms with Gasteiger partial charge in [0.1, 0.15) is 6.10 Å². The molecular weight excluding hydrogens is 302 g/mol. The molecule has 124 valence electrons. The van der Waals surface area contributed by atoms with Crippen LogP contribution in [0.15, 0.2) is 24.3 Å². The van der Waals surface area contributed by atoms with Crippen LogP contribution in [-0.2, 0) is 14.3 Å². The number of ether oxygens (including phenoxy) is 2. The molecule has 0 heterocycles. The van der Waals surface area contributed by atoms with Crippen LogP contribution in [0.2, 0.25) is 0 Å². The Morgan fingerprint density at radius 2 is 1.78 bits per heavy atom. The minimum Gasteiger partial charge on any atom is -0.469 e. The molecular formula is C16H19NO6. The summed E-state index contributed by atoms with van der Waals surface area (Å²) in [6, 6.07) is 5.29. The van der Waals surface area contributed by atoms with E-state index in [4.69, 9.17) is 9.47 Å². The van der Waals surface area contributed by atoms with E-state index in [1.807, 2.05) is 6.92 Å². The number of benzene rings is 1. The molecule has 1 aliphatic rings.